The first kappa shape index (κ1) is 14.7. The second-order valence-corrected chi connectivity index (χ2v) is 2.94. The van der Waals surface area contributed by atoms with Crippen LogP contribution in [0.2, 0.25) is 0 Å². The molecule has 0 radical (unpaired) electrons. The lowest BCUT2D eigenvalue weighted by Crippen LogP contribution is -2.23. The van der Waals surface area contributed by atoms with E-state index in [1.165, 1.54) is 6.92 Å². The molecular formula is C9H19FO5. The van der Waals surface area contributed by atoms with Crippen LogP contribution >= 0.6 is 0 Å². The van der Waals surface area contributed by atoms with Crippen LogP contribution in [0.4, 0.5) is 4.39 Å². The van der Waals surface area contributed by atoms with Crippen LogP contribution in [0.25, 0.3) is 0 Å². The summed E-state index contributed by atoms with van der Waals surface area (Å²) in [5.74, 6) is 0. The van der Waals surface area contributed by atoms with Crippen LogP contribution in [0.1, 0.15) is 6.92 Å². The van der Waals surface area contributed by atoms with Crippen LogP contribution in [0, 0.1) is 0 Å². The van der Waals surface area contributed by atoms with Crippen molar-refractivity contribution in [3.8, 4) is 0 Å². The Morgan fingerprint density at radius 1 is 1.13 bits per heavy atom. The Labute approximate surface area is 88.8 Å². The summed E-state index contributed by atoms with van der Waals surface area (Å²) >= 11 is 0. The molecule has 5 nitrogen and oxygen atoms in total. The highest BCUT2D eigenvalue weighted by Crippen LogP contribution is 1.92. The fourth-order valence-corrected chi connectivity index (χ4v) is 0.821. The number of aliphatic hydroxyl groups excluding tert-OH is 2. The van der Waals surface area contributed by atoms with Crippen LogP contribution in [-0.2, 0) is 14.2 Å². The Bertz CT molecular complexity index is 134. The third kappa shape index (κ3) is 11.7. The molecule has 0 bridgehead atoms. The Morgan fingerprint density at radius 3 is 2.27 bits per heavy atom. The molecule has 2 unspecified atom stereocenters. The van der Waals surface area contributed by atoms with Crippen LogP contribution < -0.4 is 0 Å². The van der Waals surface area contributed by atoms with Crippen molar-refractivity contribution in [2.45, 2.75) is 19.4 Å². The van der Waals surface area contributed by atoms with E-state index in [-0.39, 0.29) is 39.6 Å². The predicted octanol–water partition coefficient (Wildman–Crippen LogP) is -0.295. The molecule has 0 aliphatic rings. The minimum atomic E-state index is -1.30. The number of aliphatic hydroxyl groups is 2. The van der Waals surface area contributed by atoms with E-state index in [0.29, 0.717) is 0 Å². The maximum Gasteiger partial charge on any atom is 0.195 e. The van der Waals surface area contributed by atoms with Crippen LogP contribution in [-0.4, -0.2) is 62.3 Å². The second kappa shape index (κ2) is 10.3. The number of hydrogen-bond donors (Lipinski definition) is 2. The highest BCUT2D eigenvalue weighted by molar-refractivity contribution is 4.50. The van der Waals surface area contributed by atoms with Gasteiger partial charge in [-0.1, -0.05) is 0 Å². The molecule has 2 N–H and O–H groups in total. The fourth-order valence-electron chi connectivity index (χ4n) is 0.821. The third-order valence-electron chi connectivity index (χ3n) is 1.43. The molecule has 0 spiro atoms. The lowest BCUT2D eigenvalue weighted by molar-refractivity contribution is -0.0680. The van der Waals surface area contributed by atoms with Gasteiger partial charge in [0.15, 0.2) is 6.36 Å². The van der Waals surface area contributed by atoms with Gasteiger partial charge in [-0.15, -0.1) is 0 Å². The van der Waals surface area contributed by atoms with Gasteiger partial charge in [0, 0.05) is 0 Å². The quantitative estimate of drug-likeness (QED) is 0.501. The monoisotopic (exact) mass is 226 g/mol. The van der Waals surface area contributed by atoms with Crippen molar-refractivity contribution < 1.29 is 28.8 Å². The van der Waals surface area contributed by atoms with Gasteiger partial charge in [0.05, 0.1) is 39.6 Å². The van der Waals surface area contributed by atoms with E-state index in [2.05, 4.69) is 4.74 Å². The smallest absolute Gasteiger partial charge is 0.195 e. The Hall–Kier alpha value is -0.270. The zero-order valence-electron chi connectivity index (χ0n) is 8.89. The topological polar surface area (TPSA) is 68.2 Å². The van der Waals surface area contributed by atoms with Crippen molar-refractivity contribution in [3.63, 3.8) is 0 Å². The van der Waals surface area contributed by atoms with Gasteiger partial charge in [-0.3, -0.25) is 0 Å². The van der Waals surface area contributed by atoms with Crippen molar-refractivity contribution in [3.05, 3.63) is 0 Å². The van der Waals surface area contributed by atoms with Crippen molar-refractivity contribution in [1.29, 1.82) is 0 Å². The van der Waals surface area contributed by atoms with Crippen LogP contribution in [0.15, 0.2) is 0 Å². The average Bonchev–Trinajstić information content (AvgIpc) is 2.17. The lowest BCUT2D eigenvalue weighted by Gasteiger charge is -2.11. The van der Waals surface area contributed by atoms with Gasteiger partial charge < -0.3 is 24.4 Å². The molecule has 0 aliphatic carbocycles. The molecule has 0 aromatic rings. The molecule has 0 amide bonds. The van der Waals surface area contributed by atoms with Gasteiger partial charge in [0.2, 0.25) is 0 Å². The van der Waals surface area contributed by atoms with Crippen molar-refractivity contribution >= 4 is 0 Å². The second-order valence-electron chi connectivity index (χ2n) is 2.94. The van der Waals surface area contributed by atoms with E-state index in [9.17, 15) is 9.50 Å². The SMILES string of the molecule is CC(F)OCCOCC(O)COCCO. The minimum Gasteiger partial charge on any atom is -0.394 e. The van der Waals surface area contributed by atoms with Gasteiger partial charge in [-0.2, -0.15) is 0 Å². The molecule has 0 aliphatic heterocycles. The van der Waals surface area contributed by atoms with E-state index in [1.807, 2.05) is 0 Å². The van der Waals surface area contributed by atoms with Crippen molar-refractivity contribution in [2.75, 3.05) is 39.6 Å². The van der Waals surface area contributed by atoms with Gasteiger partial charge in [0.25, 0.3) is 0 Å². The van der Waals surface area contributed by atoms with E-state index in [4.69, 9.17) is 14.6 Å². The highest BCUT2D eigenvalue weighted by atomic mass is 19.1. The maximum absolute atomic E-state index is 12.1. The average molecular weight is 226 g/mol. The van der Waals surface area contributed by atoms with Gasteiger partial charge in [-0.05, 0) is 6.92 Å². The highest BCUT2D eigenvalue weighted by Gasteiger charge is 2.04. The summed E-state index contributed by atoms with van der Waals surface area (Å²) in [5.41, 5.74) is 0. The zero-order chi connectivity index (χ0) is 11.5. The molecule has 0 aromatic carbocycles. The predicted molar refractivity (Wildman–Crippen MR) is 51.3 cm³/mol. The Morgan fingerprint density at radius 2 is 1.73 bits per heavy atom. The van der Waals surface area contributed by atoms with Gasteiger partial charge in [-0.25, -0.2) is 4.39 Å². The standard InChI is InChI=1S/C9H19FO5/c1-8(10)15-5-4-14-7-9(12)6-13-3-2-11/h8-9,11-12H,2-7H2,1H3. The molecular weight excluding hydrogens is 207 g/mol. The normalized spacial score (nSPS) is 15.2. The summed E-state index contributed by atoms with van der Waals surface area (Å²) in [6.07, 6.45) is -2.04. The fraction of sp³-hybridized carbons (Fsp3) is 1.00. The van der Waals surface area contributed by atoms with Crippen LogP contribution in [0.3, 0.4) is 0 Å². The molecule has 15 heavy (non-hydrogen) atoms. The van der Waals surface area contributed by atoms with Gasteiger partial charge >= 0.3 is 0 Å². The Kier molecular flexibility index (Phi) is 10.1. The molecule has 0 rings (SSSR count). The molecule has 0 heterocycles. The Balaban J connectivity index is 3.13. The number of ether oxygens (including phenoxy) is 3. The summed E-state index contributed by atoms with van der Waals surface area (Å²) in [7, 11) is 0. The molecule has 0 fully saturated rings. The number of hydrogen-bond acceptors (Lipinski definition) is 5. The zero-order valence-corrected chi connectivity index (χ0v) is 8.89. The first-order chi connectivity index (χ1) is 7.16. The molecule has 6 heteroatoms. The summed E-state index contributed by atoms with van der Waals surface area (Å²) in [6, 6.07) is 0. The van der Waals surface area contributed by atoms with E-state index >= 15 is 0 Å². The minimum absolute atomic E-state index is 0.0736. The summed E-state index contributed by atoms with van der Waals surface area (Å²) in [5, 5.41) is 17.6. The van der Waals surface area contributed by atoms with Crippen molar-refractivity contribution in [2.24, 2.45) is 0 Å². The summed E-state index contributed by atoms with van der Waals surface area (Å²) < 4.78 is 26.6. The number of rotatable bonds is 10. The third-order valence-corrected chi connectivity index (χ3v) is 1.43. The summed E-state index contributed by atoms with van der Waals surface area (Å²) in [4.78, 5) is 0. The van der Waals surface area contributed by atoms with E-state index in [0.717, 1.165) is 0 Å². The van der Waals surface area contributed by atoms with Crippen LogP contribution in [0.5, 0.6) is 0 Å². The molecule has 0 saturated heterocycles. The first-order valence-electron chi connectivity index (χ1n) is 4.87. The molecule has 2 atom stereocenters. The van der Waals surface area contributed by atoms with Crippen molar-refractivity contribution in [1.82, 2.24) is 0 Å². The first-order valence-corrected chi connectivity index (χ1v) is 4.87. The lowest BCUT2D eigenvalue weighted by atomic mass is 10.4. The molecule has 0 aromatic heterocycles. The summed E-state index contributed by atoms with van der Waals surface area (Å²) in [6.45, 7) is 2.01. The maximum atomic E-state index is 12.1. The number of halogens is 1. The molecule has 92 valence electrons. The largest absolute Gasteiger partial charge is 0.394 e. The van der Waals surface area contributed by atoms with E-state index in [1.54, 1.807) is 0 Å². The van der Waals surface area contributed by atoms with E-state index < -0.39 is 12.5 Å². The number of alkyl halides is 1. The van der Waals surface area contributed by atoms with Gasteiger partial charge in [0.1, 0.15) is 6.10 Å². The molecule has 0 saturated carbocycles.